The van der Waals surface area contributed by atoms with Gasteiger partial charge in [0.2, 0.25) is 5.91 Å². The summed E-state index contributed by atoms with van der Waals surface area (Å²) < 4.78 is 0. The number of nitrogens with zero attached hydrogens (tertiary/aromatic N) is 2. The first-order valence-electron chi connectivity index (χ1n) is 6.25. The summed E-state index contributed by atoms with van der Waals surface area (Å²) in [5.74, 6) is 0.324. The molecule has 0 spiro atoms. The topological polar surface area (TPSA) is 49.6 Å². The van der Waals surface area contributed by atoms with Crippen molar-refractivity contribution < 1.29 is 4.79 Å². The summed E-state index contributed by atoms with van der Waals surface area (Å²) in [6.07, 6.45) is 0. The van der Waals surface area contributed by atoms with Gasteiger partial charge in [0.05, 0.1) is 6.04 Å². The molecule has 0 aliphatic carbocycles. The van der Waals surface area contributed by atoms with Gasteiger partial charge in [0, 0.05) is 25.7 Å². The molecule has 2 atom stereocenters. The van der Waals surface area contributed by atoms with Crippen molar-refractivity contribution in [1.82, 2.24) is 9.80 Å². The average molecular weight is 227 g/mol. The standard InChI is InChI=1S/C12H25N3O/c1-5-14-6-7-15(8-10(14)4)12(16)11(13)9(2)3/h9-11H,5-8,13H2,1-4H3. The zero-order chi connectivity index (χ0) is 12.3. The van der Waals surface area contributed by atoms with Crippen LogP contribution in [0.4, 0.5) is 0 Å². The van der Waals surface area contributed by atoms with E-state index in [-0.39, 0.29) is 17.9 Å². The van der Waals surface area contributed by atoms with Crippen LogP contribution in [0.15, 0.2) is 0 Å². The van der Waals surface area contributed by atoms with E-state index in [0.717, 1.165) is 26.2 Å². The van der Waals surface area contributed by atoms with Crippen molar-refractivity contribution in [3.05, 3.63) is 0 Å². The molecular weight excluding hydrogens is 202 g/mol. The second-order valence-corrected chi connectivity index (χ2v) is 5.03. The normalized spacial score (nSPS) is 24.9. The minimum Gasteiger partial charge on any atom is -0.338 e. The highest BCUT2D eigenvalue weighted by Gasteiger charge is 2.29. The molecule has 1 aliphatic rings. The number of nitrogens with two attached hydrogens (primary N) is 1. The second kappa shape index (κ2) is 5.64. The summed E-state index contributed by atoms with van der Waals surface area (Å²) in [5, 5.41) is 0. The number of amides is 1. The van der Waals surface area contributed by atoms with Gasteiger partial charge in [-0.25, -0.2) is 0 Å². The van der Waals surface area contributed by atoms with E-state index in [9.17, 15) is 4.79 Å². The summed E-state index contributed by atoms with van der Waals surface area (Å²) >= 11 is 0. The molecule has 1 fully saturated rings. The molecule has 2 N–H and O–H groups in total. The maximum atomic E-state index is 12.1. The van der Waals surface area contributed by atoms with Gasteiger partial charge in [-0.15, -0.1) is 0 Å². The first kappa shape index (κ1) is 13.5. The van der Waals surface area contributed by atoms with Crippen molar-refractivity contribution >= 4 is 5.91 Å². The van der Waals surface area contributed by atoms with E-state index in [2.05, 4.69) is 18.7 Å². The summed E-state index contributed by atoms with van der Waals surface area (Å²) in [7, 11) is 0. The molecule has 0 aromatic carbocycles. The number of hydrogen-bond donors (Lipinski definition) is 1. The zero-order valence-corrected chi connectivity index (χ0v) is 10.9. The number of hydrogen-bond acceptors (Lipinski definition) is 3. The molecule has 1 saturated heterocycles. The molecule has 0 bridgehead atoms. The minimum atomic E-state index is -0.347. The molecule has 1 amide bonds. The van der Waals surface area contributed by atoms with E-state index in [0.29, 0.717) is 6.04 Å². The quantitative estimate of drug-likeness (QED) is 0.765. The van der Waals surface area contributed by atoms with Gasteiger partial charge >= 0.3 is 0 Å². The van der Waals surface area contributed by atoms with Gasteiger partial charge in [0.1, 0.15) is 0 Å². The Hall–Kier alpha value is -0.610. The van der Waals surface area contributed by atoms with Crippen molar-refractivity contribution in [2.75, 3.05) is 26.2 Å². The smallest absolute Gasteiger partial charge is 0.239 e. The number of piperazine rings is 1. The van der Waals surface area contributed by atoms with Crippen LogP contribution in [0.5, 0.6) is 0 Å². The molecule has 1 aliphatic heterocycles. The third-order valence-electron chi connectivity index (χ3n) is 3.49. The predicted octanol–water partition coefficient (Wildman–Crippen LogP) is 0.522. The number of rotatable bonds is 3. The maximum Gasteiger partial charge on any atom is 0.239 e. The highest BCUT2D eigenvalue weighted by molar-refractivity contribution is 5.82. The molecule has 0 aromatic rings. The van der Waals surface area contributed by atoms with Crippen LogP contribution in [0.2, 0.25) is 0 Å². The van der Waals surface area contributed by atoms with Crippen LogP contribution in [0, 0.1) is 5.92 Å². The molecule has 4 heteroatoms. The lowest BCUT2D eigenvalue weighted by molar-refractivity contribution is -0.136. The van der Waals surface area contributed by atoms with E-state index in [1.807, 2.05) is 18.7 Å². The molecule has 1 heterocycles. The van der Waals surface area contributed by atoms with Crippen molar-refractivity contribution in [3.8, 4) is 0 Å². The van der Waals surface area contributed by atoms with E-state index in [4.69, 9.17) is 5.73 Å². The van der Waals surface area contributed by atoms with Gasteiger partial charge in [0.25, 0.3) is 0 Å². The number of carbonyl (C=O) groups is 1. The third kappa shape index (κ3) is 2.95. The van der Waals surface area contributed by atoms with Crippen LogP contribution < -0.4 is 5.73 Å². The van der Waals surface area contributed by atoms with Crippen LogP contribution in [-0.4, -0.2) is 54.0 Å². The summed E-state index contributed by atoms with van der Waals surface area (Å²) in [5.41, 5.74) is 5.90. The van der Waals surface area contributed by atoms with Crippen LogP contribution in [0.25, 0.3) is 0 Å². The van der Waals surface area contributed by atoms with Gasteiger partial charge in [-0.3, -0.25) is 9.69 Å². The van der Waals surface area contributed by atoms with Crippen molar-refractivity contribution in [2.24, 2.45) is 11.7 Å². The molecule has 1 rings (SSSR count). The third-order valence-corrected chi connectivity index (χ3v) is 3.49. The Morgan fingerprint density at radius 2 is 2.06 bits per heavy atom. The van der Waals surface area contributed by atoms with Gasteiger partial charge < -0.3 is 10.6 Å². The summed E-state index contributed by atoms with van der Waals surface area (Å²) in [6.45, 7) is 12.0. The Kier molecular flexibility index (Phi) is 4.74. The monoisotopic (exact) mass is 227 g/mol. The fourth-order valence-corrected chi connectivity index (χ4v) is 2.16. The van der Waals surface area contributed by atoms with Crippen molar-refractivity contribution in [1.29, 1.82) is 0 Å². The highest BCUT2D eigenvalue weighted by Crippen LogP contribution is 2.11. The Bertz CT molecular complexity index is 242. The lowest BCUT2D eigenvalue weighted by Crippen LogP contribution is -2.57. The SMILES string of the molecule is CCN1CCN(C(=O)C(N)C(C)C)CC1C. The first-order valence-corrected chi connectivity index (χ1v) is 6.25. The van der Waals surface area contributed by atoms with Crippen LogP contribution >= 0.6 is 0 Å². The van der Waals surface area contributed by atoms with Gasteiger partial charge in [-0.1, -0.05) is 20.8 Å². The fraction of sp³-hybridized carbons (Fsp3) is 0.917. The molecule has 94 valence electrons. The molecule has 2 unspecified atom stereocenters. The van der Waals surface area contributed by atoms with Crippen LogP contribution in [0.3, 0.4) is 0 Å². The maximum absolute atomic E-state index is 12.1. The summed E-state index contributed by atoms with van der Waals surface area (Å²) in [6, 6.07) is 0.0995. The predicted molar refractivity (Wildman–Crippen MR) is 66.1 cm³/mol. The summed E-state index contributed by atoms with van der Waals surface area (Å²) in [4.78, 5) is 16.4. The minimum absolute atomic E-state index is 0.109. The molecule has 0 saturated carbocycles. The molecule has 4 nitrogen and oxygen atoms in total. The largest absolute Gasteiger partial charge is 0.338 e. The van der Waals surface area contributed by atoms with Gasteiger partial charge in [0.15, 0.2) is 0 Å². The Morgan fingerprint density at radius 3 is 2.50 bits per heavy atom. The highest BCUT2D eigenvalue weighted by atomic mass is 16.2. The van der Waals surface area contributed by atoms with E-state index in [1.54, 1.807) is 0 Å². The Morgan fingerprint density at radius 1 is 1.44 bits per heavy atom. The lowest BCUT2D eigenvalue weighted by atomic mass is 10.0. The van der Waals surface area contributed by atoms with Crippen molar-refractivity contribution in [2.45, 2.75) is 39.8 Å². The molecular formula is C12H25N3O. The van der Waals surface area contributed by atoms with Crippen LogP contribution in [0.1, 0.15) is 27.7 Å². The van der Waals surface area contributed by atoms with Gasteiger partial charge in [-0.2, -0.15) is 0 Å². The van der Waals surface area contributed by atoms with Crippen molar-refractivity contribution in [3.63, 3.8) is 0 Å². The van der Waals surface area contributed by atoms with Gasteiger partial charge in [-0.05, 0) is 19.4 Å². The Labute approximate surface area is 98.8 Å². The lowest BCUT2D eigenvalue weighted by Gasteiger charge is -2.40. The zero-order valence-electron chi connectivity index (χ0n) is 10.9. The number of likely N-dealkylation sites (N-methyl/N-ethyl adjacent to an activating group) is 1. The van der Waals surface area contributed by atoms with Crippen LogP contribution in [-0.2, 0) is 4.79 Å². The fourth-order valence-electron chi connectivity index (χ4n) is 2.16. The first-order chi connectivity index (χ1) is 7.47. The van der Waals surface area contributed by atoms with E-state index in [1.165, 1.54) is 0 Å². The molecule has 16 heavy (non-hydrogen) atoms. The number of carbonyl (C=O) groups excluding carboxylic acids is 1. The van der Waals surface area contributed by atoms with E-state index < -0.39 is 0 Å². The molecule has 0 radical (unpaired) electrons. The van der Waals surface area contributed by atoms with E-state index >= 15 is 0 Å². The average Bonchev–Trinajstić information content (AvgIpc) is 2.26. The Balaban J connectivity index is 2.54. The second-order valence-electron chi connectivity index (χ2n) is 5.03. The molecule has 0 aromatic heterocycles.